The number of halogens is 1. The van der Waals surface area contributed by atoms with Crippen molar-refractivity contribution in [3.05, 3.63) is 42.6 Å². The van der Waals surface area contributed by atoms with E-state index in [0.717, 1.165) is 48.8 Å². The number of rotatable bonds is 4. The van der Waals surface area contributed by atoms with Gasteiger partial charge >= 0.3 is 0 Å². The van der Waals surface area contributed by atoms with Gasteiger partial charge in [0.2, 0.25) is 0 Å². The molecular formula is C20H29IN6. The highest BCUT2D eigenvalue weighted by atomic mass is 127. The first-order chi connectivity index (χ1) is 12.8. The molecule has 0 amide bonds. The highest BCUT2D eigenvalue weighted by Gasteiger charge is 2.35. The lowest BCUT2D eigenvalue weighted by Gasteiger charge is -2.22. The van der Waals surface area contributed by atoms with Crippen molar-refractivity contribution in [1.29, 1.82) is 0 Å². The summed E-state index contributed by atoms with van der Waals surface area (Å²) in [5.74, 6) is 3.65. The molecule has 0 aromatic carbocycles. The quantitative estimate of drug-likeness (QED) is 0.414. The van der Waals surface area contributed by atoms with Crippen molar-refractivity contribution in [2.24, 2.45) is 16.8 Å². The zero-order valence-electron chi connectivity index (χ0n) is 15.9. The number of hydrogen-bond donors (Lipinski definition) is 1. The van der Waals surface area contributed by atoms with E-state index in [-0.39, 0.29) is 24.0 Å². The first kappa shape index (κ1) is 20.1. The molecule has 2 aromatic heterocycles. The van der Waals surface area contributed by atoms with Crippen molar-refractivity contribution in [1.82, 2.24) is 24.8 Å². The van der Waals surface area contributed by atoms with E-state index in [4.69, 9.17) is 4.99 Å². The fraction of sp³-hybridized carbons (Fsp3) is 0.550. The number of aliphatic imine (C=N–C) groups is 1. The lowest BCUT2D eigenvalue weighted by molar-refractivity contribution is 0.299. The van der Waals surface area contributed by atoms with Crippen molar-refractivity contribution in [2.75, 3.05) is 19.6 Å². The van der Waals surface area contributed by atoms with Crippen LogP contribution in [0.25, 0.3) is 5.82 Å². The molecule has 6 nitrogen and oxygen atoms in total. The van der Waals surface area contributed by atoms with Gasteiger partial charge < -0.3 is 10.2 Å². The summed E-state index contributed by atoms with van der Waals surface area (Å²) in [5, 5.41) is 3.50. The summed E-state index contributed by atoms with van der Waals surface area (Å²) in [6, 6.07) is 4.07. The molecule has 1 aliphatic heterocycles. The minimum Gasteiger partial charge on any atom is -0.357 e. The topological polar surface area (TPSA) is 58.3 Å². The van der Waals surface area contributed by atoms with Crippen LogP contribution in [0.15, 0.2) is 42.0 Å². The third kappa shape index (κ3) is 4.62. The minimum atomic E-state index is 0. The van der Waals surface area contributed by atoms with E-state index in [1.807, 2.05) is 23.0 Å². The van der Waals surface area contributed by atoms with E-state index in [0.29, 0.717) is 6.54 Å². The number of nitrogens with one attached hydrogen (secondary N) is 1. The first-order valence-corrected chi connectivity index (χ1v) is 9.80. The van der Waals surface area contributed by atoms with Crippen LogP contribution in [-0.4, -0.2) is 45.0 Å². The minimum absolute atomic E-state index is 0. The number of pyridine rings is 1. The SMILES string of the molecule is CCNC(=NCc1cccnc1-n1ccnc1)N1CC2CCCCC2C1.I. The van der Waals surface area contributed by atoms with Gasteiger partial charge in [0.05, 0.1) is 6.54 Å². The van der Waals surface area contributed by atoms with Crippen LogP contribution in [0.1, 0.15) is 38.2 Å². The second-order valence-corrected chi connectivity index (χ2v) is 7.34. The molecular weight excluding hydrogens is 451 g/mol. The maximum Gasteiger partial charge on any atom is 0.194 e. The van der Waals surface area contributed by atoms with Crippen LogP contribution in [0.3, 0.4) is 0 Å². The molecule has 1 saturated carbocycles. The Morgan fingerprint density at radius 1 is 1.22 bits per heavy atom. The van der Waals surface area contributed by atoms with Crippen LogP contribution in [0.2, 0.25) is 0 Å². The number of aromatic nitrogens is 3. The van der Waals surface area contributed by atoms with Gasteiger partial charge in [-0.1, -0.05) is 18.9 Å². The number of nitrogens with zero attached hydrogens (tertiary/aromatic N) is 5. The first-order valence-electron chi connectivity index (χ1n) is 9.80. The van der Waals surface area contributed by atoms with Gasteiger partial charge in [-0.2, -0.15) is 0 Å². The van der Waals surface area contributed by atoms with Gasteiger partial charge in [0.15, 0.2) is 5.96 Å². The third-order valence-electron chi connectivity index (χ3n) is 5.63. The largest absolute Gasteiger partial charge is 0.357 e. The third-order valence-corrected chi connectivity index (χ3v) is 5.63. The molecule has 2 unspecified atom stereocenters. The van der Waals surface area contributed by atoms with Crippen LogP contribution in [0.4, 0.5) is 0 Å². The molecule has 1 N–H and O–H groups in total. The summed E-state index contributed by atoms with van der Waals surface area (Å²) in [4.78, 5) is 16.1. The van der Waals surface area contributed by atoms with Crippen molar-refractivity contribution in [2.45, 2.75) is 39.2 Å². The molecule has 0 spiro atoms. The lowest BCUT2D eigenvalue weighted by atomic mass is 9.82. The Hall–Kier alpha value is -1.64. The van der Waals surface area contributed by atoms with Crippen molar-refractivity contribution >= 4 is 29.9 Å². The standard InChI is InChI=1S/C20H28N6.HI/c1-2-22-20(26-13-17-6-3-4-7-18(17)14-26)24-12-16-8-5-9-23-19(16)25-11-10-21-15-25;/h5,8-11,15,17-18H,2-4,6-7,12-14H2,1H3,(H,22,24);1H. The van der Waals surface area contributed by atoms with Crippen LogP contribution >= 0.6 is 24.0 Å². The van der Waals surface area contributed by atoms with Crippen LogP contribution in [0, 0.1) is 11.8 Å². The summed E-state index contributed by atoms with van der Waals surface area (Å²) in [7, 11) is 0. The zero-order valence-corrected chi connectivity index (χ0v) is 18.3. The molecule has 2 aliphatic rings. The van der Waals surface area contributed by atoms with Gasteiger partial charge in [-0.3, -0.25) is 4.57 Å². The number of likely N-dealkylation sites (tertiary alicyclic amines) is 1. The summed E-state index contributed by atoms with van der Waals surface area (Å²) < 4.78 is 1.95. The van der Waals surface area contributed by atoms with E-state index in [9.17, 15) is 0 Å². The predicted molar refractivity (Wildman–Crippen MR) is 119 cm³/mol. The van der Waals surface area contributed by atoms with Gasteiger partial charge in [0, 0.05) is 43.8 Å². The Morgan fingerprint density at radius 3 is 2.67 bits per heavy atom. The maximum absolute atomic E-state index is 4.95. The fourth-order valence-electron chi connectivity index (χ4n) is 4.34. The van der Waals surface area contributed by atoms with E-state index in [1.54, 1.807) is 12.5 Å². The molecule has 7 heteroatoms. The normalized spacial score (nSPS) is 22.3. The number of imidazole rings is 1. The second-order valence-electron chi connectivity index (χ2n) is 7.34. The maximum atomic E-state index is 4.95. The van der Waals surface area contributed by atoms with Gasteiger partial charge in [-0.15, -0.1) is 24.0 Å². The molecule has 2 fully saturated rings. The molecule has 146 valence electrons. The van der Waals surface area contributed by atoms with Gasteiger partial charge in [-0.25, -0.2) is 15.0 Å². The fourth-order valence-corrected chi connectivity index (χ4v) is 4.34. The summed E-state index contributed by atoms with van der Waals surface area (Å²) in [6.07, 6.45) is 12.9. The zero-order chi connectivity index (χ0) is 17.8. The lowest BCUT2D eigenvalue weighted by Crippen LogP contribution is -2.40. The summed E-state index contributed by atoms with van der Waals surface area (Å²) >= 11 is 0. The molecule has 27 heavy (non-hydrogen) atoms. The molecule has 2 atom stereocenters. The van der Waals surface area contributed by atoms with Crippen LogP contribution < -0.4 is 5.32 Å². The van der Waals surface area contributed by atoms with E-state index in [2.05, 4.69) is 33.2 Å². The van der Waals surface area contributed by atoms with Crippen molar-refractivity contribution < 1.29 is 0 Å². The van der Waals surface area contributed by atoms with Crippen LogP contribution in [0.5, 0.6) is 0 Å². The Bertz CT molecular complexity index is 731. The van der Waals surface area contributed by atoms with Gasteiger partial charge in [0.25, 0.3) is 0 Å². The summed E-state index contributed by atoms with van der Waals surface area (Å²) in [6.45, 7) is 5.96. The molecule has 2 aromatic rings. The Balaban J connectivity index is 0.00000210. The average Bonchev–Trinajstić information content (AvgIpc) is 3.34. The van der Waals surface area contributed by atoms with Crippen molar-refractivity contribution in [3.8, 4) is 5.82 Å². The van der Waals surface area contributed by atoms with E-state index >= 15 is 0 Å². The predicted octanol–water partition coefficient (Wildman–Crippen LogP) is 3.47. The number of fused-ring (bicyclic) bond motifs is 1. The summed E-state index contributed by atoms with van der Waals surface area (Å²) in [5.41, 5.74) is 1.11. The molecule has 1 aliphatic carbocycles. The van der Waals surface area contributed by atoms with Gasteiger partial charge in [-0.05, 0) is 37.7 Å². The Kier molecular flexibility index (Phi) is 7.09. The molecule has 4 rings (SSSR count). The number of hydrogen-bond acceptors (Lipinski definition) is 3. The molecule has 1 saturated heterocycles. The van der Waals surface area contributed by atoms with Gasteiger partial charge in [0.1, 0.15) is 12.1 Å². The number of guanidine groups is 1. The van der Waals surface area contributed by atoms with Crippen LogP contribution in [-0.2, 0) is 6.54 Å². The highest BCUT2D eigenvalue weighted by molar-refractivity contribution is 14.0. The van der Waals surface area contributed by atoms with Crippen molar-refractivity contribution in [3.63, 3.8) is 0 Å². The van der Waals surface area contributed by atoms with E-state index in [1.165, 1.54) is 25.7 Å². The molecule has 0 radical (unpaired) electrons. The highest BCUT2D eigenvalue weighted by Crippen LogP contribution is 2.36. The Labute approximate surface area is 178 Å². The monoisotopic (exact) mass is 480 g/mol. The second kappa shape index (κ2) is 9.52. The molecule has 3 heterocycles. The Morgan fingerprint density at radius 2 is 2.00 bits per heavy atom. The smallest absolute Gasteiger partial charge is 0.194 e. The molecule has 0 bridgehead atoms. The van der Waals surface area contributed by atoms with E-state index < -0.39 is 0 Å². The average molecular weight is 480 g/mol.